The Morgan fingerprint density at radius 3 is 1.33 bits per heavy atom. The summed E-state index contributed by atoms with van der Waals surface area (Å²) in [6.45, 7) is 6.39. The molecule has 18 heavy (non-hydrogen) atoms. The van der Waals surface area contributed by atoms with Crippen molar-refractivity contribution in [3.8, 4) is 0 Å². The third kappa shape index (κ3) is 8.94. The van der Waals surface area contributed by atoms with E-state index in [1.54, 1.807) is 0 Å². The van der Waals surface area contributed by atoms with Gasteiger partial charge < -0.3 is 0 Å². The summed E-state index contributed by atoms with van der Waals surface area (Å²) in [5, 5.41) is 0. The van der Waals surface area contributed by atoms with Crippen LogP contribution < -0.4 is 0 Å². The van der Waals surface area contributed by atoms with Crippen LogP contribution in [0.3, 0.4) is 0 Å². The minimum absolute atomic E-state index is 0.948. The minimum atomic E-state index is -5.11. The van der Waals surface area contributed by atoms with Gasteiger partial charge in [-0.2, -0.15) is 0 Å². The molecule has 0 saturated carbocycles. The fourth-order valence-electron chi connectivity index (χ4n) is 2.32. The molecule has 0 amide bonds. The summed E-state index contributed by atoms with van der Waals surface area (Å²) in [5.41, 5.74) is 0. The molecule has 0 unspecified atom stereocenters. The van der Waals surface area contributed by atoms with E-state index < -0.39 is 30.3 Å². The van der Waals surface area contributed by atoms with E-state index in [9.17, 15) is 9.55 Å². The van der Waals surface area contributed by atoms with E-state index in [1.165, 1.54) is 0 Å². The fraction of sp³-hybridized carbons (Fsp3) is 1.00. The first kappa shape index (κ1) is 18.9. The predicted octanol–water partition coefficient (Wildman–Crippen LogP) is 3.14. The third-order valence-corrected chi connectivity index (χ3v) is 13.0. The molecule has 0 aromatic carbocycles. The summed E-state index contributed by atoms with van der Waals surface area (Å²) in [5.74, 6) is 0. The molecule has 0 radical (unpaired) electrons. The van der Waals surface area contributed by atoms with Gasteiger partial charge in [0.15, 0.2) is 0 Å². The van der Waals surface area contributed by atoms with Gasteiger partial charge in [0.2, 0.25) is 0 Å². The molecule has 0 aliphatic rings. The van der Waals surface area contributed by atoms with Crippen molar-refractivity contribution in [3.05, 3.63) is 0 Å². The van der Waals surface area contributed by atoms with E-state index in [0.717, 1.165) is 56.7 Å². The van der Waals surface area contributed by atoms with E-state index in [4.69, 9.17) is 2.50 Å². The van der Waals surface area contributed by atoms with Gasteiger partial charge in [-0.05, 0) is 0 Å². The monoisotopic (exact) mass is 356 g/mol. The standard InChI is InChI=1S/C12H27OSi.3H2O.Zr/c1-4-7-10-14(13,11-8-5-2)12-9-6-3;;;;/h4-12H2,1-3H3;3*1H2;/q-1;;;;+4/p-3. The first-order valence-corrected chi connectivity index (χ1v) is 14.1. The molecule has 0 fully saturated rings. The molecule has 0 spiro atoms. The van der Waals surface area contributed by atoms with Gasteiger partial charge in [-0.3, -0.25) is 0 Å². The molecule has 0 atom stereocenters. The van der Waals surface area contributed by atoms with Gasteiger partial charge in [-0.1, -0.05) is 0 Å². The molecule has 4 nitrogen and oxygen atoms in total. The predicted molar refractivity (Wildman–Crippen MR) is 72.6 cm³/mol. The van der Waals surface area contributed by atoms with E-state index >= 15 is 0 Å². The van der Waals surface area contributed by atoms with Crippen LogP contribution in [0.15, 0.2) is 0 Å². The molecule has 0 aliphatic heterocycles. The van der Waals surface area contributed by atoms with Gasteiger partial charge in [-0.15, -0.1) is 0 Å². The van der Waals surface area contributed by atoms with Gasteiger partial charge >= 0.3 is 120 Å². The van der Waals surface area contributed by atoms with Crippen LogP contribution in [0.5, 0.6) is 0 Å². The molecule has 6 heteroatoms. The van der Waals surface area contributed by atoms with Gasteiger partial charge in [0.25, 0.3) is 0 Å². The molecule has 0 aliphatic carbocycles. The quantitative estimate of drug-likeness (QED) is 0.497. The Bertz CT molecular complexity index is 187. The average Bonchev–Trinajstić information content (AvgIpc) is 2.29. The number of hydrogen-bond donors (Lipinski definition) is 3. The van der Waals surface area contributed by atoms with E-state index in [2.05, 4.69) is 20.8 Å². The SMILES string of the molecule is CCCC[Si](CCCC)(CCCC)[O][Zr]([OH])([OH])[OH]. The van der Waals surface area contributed by atoms with Crippen LogP contribution >= 0.6 is 0 Å². The second-order valence-electron chi connectivity index (χ2n) is 5.17. The van der Waals surface area contributed by atoms with Crippen molar-refractivity contribution >= 4 is 8.32 Å². The zero-order chi connectivity index (χ0) is 14.1. The normalized spacial score (nSPS) is 13.0. The molecule has 0 bridgehead atoms. The van der Waals surface area contributed by atoms with Gasteiger partial charge in [0, 0.05) is 0 Å². The molecular formula is C12H30O4SiZr. The van der Waals surface area contributed by atoms with Crippen LogP contribution in [-0.4, -0.2) is 17.9 Å². The Morgan fingerprint density at radius 2 is 1.11 bits per heavy atom. The van der Waals surface area contributed by atoms with Crippen molar-refractivity contribution in [1.82, 2.24) is 0 Å². The van der Waals surface area contributed by atoms with Crippen LogP contribution in [-0.2, 0) is 24.5 Å². The molecule has 110 valence electrons. The number of rotatable bonds is 11. The zero-order valence-electron chi connectivity index (χ0n) is 12.1. The van der Waals surface area contributed by atoms with Crippen LogP contribution in [0, 0.1) is 0 Å². The van der Waals surface area contributed by atoms with E-state index in [0.29, 0.717) is 0 Å². The Balaban J connectivity index is 4.73. The van der Waals surface area contributed by atoms with Crippen molar-refractivity contribution in [1.29, 1.82) is 0 Å². The van der Waals surface area contributed by atoms with Crippen molar-refractivity contribution < 1.29 is 34.1 Å². The van der Waals surface area contributed by atoms with Crippen molar-refractivity contribution in [2.75, 3.05) is 0 Å². The molecule has 0 saturated heterocycles. The Labute approximate surface area is 119 Å². The van der Waals surface area contributed by atoms with Crippen molar-refractivity contribution in [2.45, 2.75) is 77.4 Å². The van der Waals surface area contributed by atoms with Crippen LogP contribution in [0.1, 0.15) is 59.3 Å². The summed E-state index contributed by atoms with van der Waals surface area (Å²) >= 11 is -5.11. The van der Waals surface area contributed by atoms with E-state index in [-0.39, 0.29) is 0 Å². The number of unbranched alkanes of at least 4 members (excludes halogenated alkanes) is 3. The fourth-order valence-corrected chi connectivity index (χ4v) is 13.5. The van der Waals surface area contributed by atoms with Crippen LogP contribution in [0.4, 0.5) is 0 Å². The maximum absolute atomic E-state index is 9.38. The Morgan fingerprint density at radius 1 is 0.778 bits per heavy atom. The Kier molecular flexibility index (Phi) is 10.3. The number of hydrogen-bond acceptors (Lipinski definition) is 4. The summed E-state index contributed by atoms with van der Waals surface area (Å²) in [7, 11) is -2.15. The van der Waals surface area contributed by atoms with Crippen molar-refractivity contribution in [2.24, 2.45) is 0 Å². The van der Waals surface area contributed by atoms with Crippen LogP contribution in [0.2, 0.25) is 18.1 Å². The molecule has 0 rings (SSSR count). The first-order valence-electron chi connectivity index (χ1n) is 7.26. The molecule has 0 aromatic heterocycles. The van der Waals surface area contributed by atoms with Crippen molar-refractivity contribution in [3.63, 3.8) is 0 Å². The zero-order valence-corrected chi connectivity index (χ0v) is 15.6. The van der Waals surface area contributed by atoms with Gasteiger partial charge in [0.1, 0.15) is 0 Å². The second kappa shape index (κ2) is 9.78. The summed E-state index contributed by atoms with van der Waals surface area (Å²) < 4.78 is 33.7. The Hall–Kier alpha value is 0.940. The second-order valence-corrected chi connectivity index (χ2v) is 13.6. The third-order valence-electron chi connectivity index (χ3n) is 3.31. The maximum atomic E-state index is 9.38. The average molecular weight is 358 g/mol. The summed E-state index contributed by atoms with van der Waals surface area (Å²) in [4.78, 5) is 0. The molecule has 3 N–H and O–H groups in total. The molecule has 0 heterocycles. The molecule has 0 aromatic rings. The van der Waals surface area contributed by atoms with Crippen LogP contribution in [0.25, 0.3) is 0 Å². The van der Waals surface area contributed by atoms with E-state index in [1.807, 2.05) is 0 Å². The van der Waals surface area contributed by atoms with Gasteiger partial charge in [0.05, 0.1) is 0 Å². The molecular weight excluding hydrogens is 327 g/mol. The first-order chi connectivity index (χ1) is 8.39. The van der Waals surface area contributed by atoms with Gasteiger partial charge in [-0.25, -0.2) is 0 Å². The summed E-state index contributed by atoms with van der Waals surface area (Å²) in [6, 6.07) is 2.84. The summed E-state index contributed by atoms with van der Waals surface area (Å²) in [6.07, 6.45) is 6.42. The topological polar surface area (TPSA) is 69.9 Å².